The Hall–Kier alpha value is -2.61. The first-order valence-corrected chi connectivity index (χ1v) is 13.6. The molecule has 1 fully saturated rings. The van der Waals surface area contributed by atoms with Crippen molar-refractivity contribution < 1.29 is 27.5 Å². The minimum absolute atomic E-state index is 0.00159. The second kappa shape index (κ2) is 9.54. The van der Waals surface area contributed by atoms with Crippen molar-refractivity contribution in [2.75, 3.05) is 0 Å². The average Bonchev–Trinajstić information content (AvgIpc) is 3.58. The molecule has 5 nitrogen and oxygen atoms in total. The molecule has 204 valence electrons. The number of carbonyl (C=O) groups is 2. The summed E-state index contributed by atoms with van der Waals surface area (Å²) in [5, 5.41) is 4.71. The Balaban J connectivity index is 1.50. The van der Waals surface area contributed by atoms with Crippen molar-refractivity contribution in [3.05, 3.63) is 57.4 Å². The number of alkyl halides is 3. The van der Waals surface area contributed by atoms with Crippen LogP contribution in [0.3, 0.4) is 0 Å². The lowest BCUT2D eigenvalue weighted by Gasteiger charge is -2.26. The summed E-state index contributed by atoms with van der Waals surface area (Å²) in [5.41, 5.74) is 0.606. The third kappa shape index (κ3) is 4.80. The van der Waals surface area contributed by atoms with Crippen molar-refractivity contribution in [1.82, 2.24) is 9.78 Å². The van der Waals surface area contributed by atoms with Gasteiger partial charge in [0.2, 0.25) is 0 Å². The zero-order valence-corrected chi connectivity index (χ0v) is 22.6. The van der Waals surface area contributed by atoms with Gasteiger partial charge < -0.3 is 4.74 Å². The van der Waals surface area contributed by atoms with Crippen LogP contribution in [-0.2, 0) is 27.8 Å². The monoisotopic (exact) mass is 548 g/mol. The molecule has 0 bridgehead atoms. The molecule has 1 saturated carbocycles. The Kier molecular flexibility index (Phi) is 6.77. The molecule has 0 radical (unpaired) electrons. The Morgan fingerprint density at radius 2 is 1.82 bits per heavy atom. The molecule has 1 heterocycles. The van der Waals surface area contributed by atoms with Crippen LogP contribution in [0.15, 0.2) is 24.3 Å². The van der Waals surface area contributed by atoms with E-state index >= 15 is 0 Å². The van der Waals surface area contributed by atoms with Crippen LogP contribution < -0.4 is 0 Å². The number of rotatable bonds is 4. The van der Waals surface area contributed by atoms with E-state index in [0.29, 0.717) is 31.4 Å². The van der Waals surface area contributed by atoms with Crippen LogP contribution in [-0.4, -0.2) is 33.4 Å². The number of aromatic nitrogens is 2. The summed E-state index contributed by atoms with van der Waals surface area (Å²) in [7, 11) is 0. The number of esters is 1. The fourth-order valence-electron chi connectivity index (χ4n) is 5.75. The molecule has 1 unspecified atom stereocenters. The van der Waals surface area contributed by atoms with Crippen LogP contribution in [0.2, 0.25) is 5.02 Å². The molecule has 0 spiro atoms. The summed E-state index contributed by atoms with van der Waals surface area (Å²) in [5.74, 6) is -1.07. The van der Waals surface area contributed by atoms with Crippen molar-refractivity contribution in [1.29, 1.82) is 0 Å². The topological polar surface area (TPSA) is 61.2 Å². The summed E-state index contributed by atoms with van der Waals surface area (Å²) in [6.45, 7) is 5.53. The van der Waals surface area contributed by atoms with Crippen LogP contribution >= 0.6 is 11.6 Å². The number of nitrogens with zero attached hydrogens (tertiary/aromatic N) is 2. The van der Waals surface area contributed by atoms with Crippen molar-refractivity contribution in [3.8, 4) is 0 Å². The number of ether oxygens (including phenoxy) is 1. The lowest BCUT2D eigenvalue weighted by Crippen LogP contribution is -2.32. The highest BCUT2D eigenvalue weighted by Gasteiger charge is 2.65. The average molecular weight is 549 g/mol. The van der Waals surface area contributed by atoms with Crippen LogP contribution in [0.5, 0.6) is 0 Å². The standard InChI is InChI=1S/C29H32ClF3N2O3/c1-27(2,3)38-26(37)18-13-11-17(12-14-18)24-19-7-4-5-10-22(19)35(34-24)25(36)23-20(8-6-9-21(23)30)28(15-16-28)29(31,32)33/h6,8-9,11,18H,4-5,7,10,12-16H2,1-3H3. The van der Waals surface area contributed by atoms with Gasteiger partial charge in [-0.05, 0) is 95.8 Å². The van der Waals surface area contributed by atoms with Crippen molar-refractivity contribution in [3.63, 3.8) is 0 Å². The highest BCUT2D eigenvalue weighted by Crippen LogP contribution is 2.60. The molecule has 1 aromatic heterocycles. The van der Waals surface area contributed by atoms with Gasteiger partial charge in [0.1, 0.15) is 5.60 Å². The first-order chi connectivity index (χ1) is 17.8. The fourth-order valence-corrected chi connectivity index (χ4v) is 6.01. The molecule has 0 saturated heterocycles. The second-order valence-electron chi connectivity index (χ2n) is 11.7. The minimum Gasteiger partial charge on any atom is -0.460 e. The highest BCUT2D eigenvalue weighted by molar-refractivity contribution is 6.34. The molecular formula is C29H32ClF3N2O3. The maximum Gasteiger partial charge on any atom is 0.398 e. The minimum atomic E-state index is -4.47. The largest absolute Gasteiger partial charge is 0.460 e. The third-order valence-electron chi connectivity index (χ3n) is 7.86. The van der Waals surface area contributed by atoms with Crippen molar-refractivity contribution in [2.45, 2.75) is 95.8 Å². The quantitative estimate of drug-likeness (QED) is 0.378. The molecule has 2 aromatic rings. The predicted molar refractivity (Wildman–Crippen MR) is 138 cm³/mol. The van der Waals surface area contributed by atoms with Crippen LogP contribution in [0.1, 0.15) is 98.6 Å². The van der Waals surface area contributed by atoms with Gasteiger partial charge >= 0.3 is 12.1 Å². The van der Waals surface area contributed by atoms with Crippen LogP contribution in [0.25, 0.3) is 5.57 Å². The Labute approximate surface area is 225 Å². The predicted octanol–water partition coefficient (Wildman–Crippen LogP) is 7.22. The van der Waals surface area contributed by atoms with Gasteiger partial charge in [-0.1, -0.05) is 29.8 Å². The number of hydrogen-bond donors (Lipinski definition) is 0. The SMILES string of the molecule is CC(C)(C)OC(=O)C1CC=C(c2nn(C(=O)c3c(Cl)cccc3C3(C(F)(F)F)CC3)c3c2CCCC3)CC1. The molecule has 1 atom stereocenters. The van der Waals surface area contributed by atoms with E-state index in [4.69, 9.17) is 21.4 Å². The summed E-state index contributed by atoms with van der Waals surface area (Å²) in [4.78, 5) is 26.5. The molecule has 3 aliphatic carbocycles. The summed E-state index contributed by atoms with van der Waals surface area (Å²) in [6, 6.07) is 4.30. The Morgan fingerprint density at radius 3 is 2.42 bits per heavy atom. The first-order valence-electron chi connectivity index (χ1n) is 13.3. The lowest BCUT2D eigenvalue weighted by atomic mass is 9.85. The van der Waals surface area contributed by atoms with Crippen LogP contribution in [0, 0.1) is 5.92 Å². The Bertz CT molecular complexity index is 1320. The number of benzene rings is 1. The third-order valence-corrected chi connectivity index (χ3v) is 8.18. The van der Waals surface area contributed by atoms with E-state index in [1.54, 1.807) is 0 Å². The number of hydrogen-bond acceptors (Lipinski definition) is 4. The fraction of sp³-hybridized carbons (Fsp3) is 0.552. The summed E-state index contributed by atoms with van der Waals surface area (Å²) in [6.07, 6.45) is 2.30. The summed E-state index contributed by atoms with van der Waals surface area (Å²) >= 11 is 6.40. The van der Waals surface area contributed by atoms with E-state index < -0.39 is 23.1 Å². The zero-order chi connectivity index (χ0) is 27.5. The van der Waals surface area contributed by atoms with Gasteiger partial charge in [0, 0.05) is 5.56 Å². The van der Waals surface area contributed by atoms with Gasteiger partial charge in [0.05, 0.1) is 33.3 Å². The zero-order valence-electron chi connectivity index (χ0n) is 21.9. The van der Waals surface area contributed by atoms with Gasteiger partial charge in [0.25, 0.3) is 5.91 Å². The molecule has 1 aromatic carbocycles. The van der Waals surface area contributed by atoms with Gasteiger partial charge in [-0.3, -0.25) is 9.59 Å². The van der Waals surface area contributed by atoms with Gasteiger partial charge in [-0.25, -0.2) is 0 Å². The molecule has 3 aliphatic rings. The van der Waals surface area contributed by atoms with Gasteiger partial charge in [-0.2, -0.15) is 23.0 Å². The first kappa shape index (κ1) is 27.0. The maximum absolute atomic E-state index is 14.0. The highest BCUT2D eigenvalue weighted by atomic mass is 35.5. The van der Waals surface area contributed by atoms with E-state index in [1.807, 2.05) is 26.8 Å². The number of carbonyl (C=O) groups excluding carboxylic acids is 2. The van der Waals surface area contributed by atoms with E-state index in [1.165, 1.54) is 22.9 Å². The summed E-state index contributed by atoms with van der Waals surface area (Å²) < 4.78 is 49.0. The van der Waals surface area contributed by atoms with Crippen molar-refractivity contribution >= 4 is 29.1 Å². The molecule has 38 heavy (non-hydrogen) atoms. The number of fused-ring (bicyclic) bond motifs is 1. The normalized spacial score (nSPS) is 20.9. The maximum atomic E-state index is 14.0. The molecule has 0 N–H and O–H groups in total. The van der Waals surface area contributed by atoms with Crippen molar-refractivity contribution in [2.24, 2.45) is 5.92 Å². The van der Waals surface area contributed by atoms with E-state index in [0.717, 1.165) is 36.1 Å². The van der Waals surface area contributed by atoms with Gasteiger partial charge in [-0.15, -0.1) is 0 Å². The molecular weight excluding hydrogens is 517 g/mol. The molecule has 5 rings (SSSR count). The van der Waals surface area contributed by atoms with E-state index in [2.05, 4.69) is 0 Å². The number of allylic oxidation sites excluding steroid dienone is 2. The molecule has 0 aliphatic heterocycles. The lowest BCUT2D eigenvalue weighted by molar-refractivity contribution is -0.161. The second-order valence-corrected chi connectivity index (χ2v) is 12.1. The van der Waals surface area contributed by atoms with Gasteiger partial charge in [0.15, 0.2) is 0 Å². The van der Waals surface area contributed by atoms with E-state index in [-0.39, 0.29) is 40.9 Å². The van der Waals surface area contributed by atoms with Crippen LogP contribution in [0.4, 0.5) is 13.2 Å². The molecule has 0 amide bonds. The van der Waals surface area contributed by atoms with E-state index in [9.17, 15) is 22.8 Å². The molecule has 9 heteroatoms. The smallest absolute Gasteiger partial charge is 0.398 e. The number of halogens is 4. The Morgan fingerprint density at radius 1 is 1.11 bits per heavy atom.